The molecule has 0 spiro atoms. The van der Waals surface area contributed by atoms with E-state index in [9.17, 15) is 4.79 Å². The number of carbonyl (C=O) groups is 1. The molecule has 0 aliphatic rings. The minimum atomic E-state index is -0.00183. The van der Waals surface area contributed by atoms with Gasteiger partial charge in [-0.1, -0.05) is 12.1 Å². The zero-order valence-electron chi connectivity index (χ0n) is 9.47. The molecule has 4 heteroatoms. The third-order valence-corrected chi connectivity index (χ3v) is 2.48. The SMILES string of the molecule is Nc1ccc(CCC(=O)Nn2cccc2)cc1. The second kappa shape index (κ2) is 5.21. The van der Waals surface area contributed by atoms with Crippen LogP contribution >= 0.6 is 0 Å². The molecule has 0 radical (unpaired) electrons. The van der Waals surface area contributed by atoms with Gasteiger partial charge in [0.2, 0.25) is 5.91 Å². The fraction of sp³-hybridized carbons (Fsp3) is 0.154. The highest BCUT2D eigenvalue weighted by atomic mass is 16.2. The van der Waals surface area contributed by atoms with Crippen LogP contribution in [0.5, 0.6) is 0 Å². The maximum absolute atomic E-state index is 11.6. The van der Waals surface area contributed by atoms with E-state index in [1.165, 1.54) is 0 Å². The number of hydrogen-bond acceptors (Lipinski definition) is 2. The maximum Gasteiger partial charge on any atom is 0.239 e. The summed E-state index contributed by atoms with van der Waals surface area (Å²) in [6.07, 6.45) is 4.76. The van der Waals surface area contributed by atoms with Crippen molar-refractivity contribution < 1.29 is 4.79 Å². The number of carbonyl (C=O) groups excluding carboxylic acids is 1. The quantitative estimate of drug-likeness (QED) is 0.785. The van der Waals surface area contributed by atoms with E-state index >= 15 is 0 Å². The summed E-state index contributed by atoms with van der Waals surface area (Å²) in [5.41, 5.74) is 10.2. The lowest BCUT2D eigenvalue weighted by atomic mass is 10.1. The lowest BCUT2D eigenvalue weighted by Gasteiger charge is -2.06. The van der Waals surface area contributed by atoms with Crippen LogP contribution in [0.2, 0.25) is 0 Å². The normalized spacial score (nSPS) is 10.1. The van der Waals surface area contributed by atoms with Crippen LogP contribution in [-0.4, -0.2) is 10.6 Å². The summed E-state index contributed by atoms with van der Waals surface area (Å²) in [4.78, 5) is 11.6. The minimum Gasteiger partial charge on any atom is -0.399 e. The Morgan fingerprint density at radius 1 is 1.18 bits per heavy atom. The van der Waals surface area contributed by atoms with E-state index in [1.54, 1.807) is 17.1 Å². The van der Waals surface area contributed by atoms with E-state index in [0.717, 1.165) is 11.3 Å². The number of nitrogen functional groups attached to an aromatic ring is 1. The van der Waals surface area contributed by atoms with E-state index in [2.05, 4.69) is 5.43 Å². The number of amides is 1. The summed E-state index contributed by atoms with van der Waals surface area (Å²) < 4.78 is 1.64. The van der Waals surface area contributed by atoms with Crippen LogP contribution in [0.1, 0.15) is 12.0 Å². The molecule has 0 saturated heterocycles. The highest BCUT2D eigenvalue weighted by Gasteiger charge is 2.02. The molecule has 0 aliphatic heterocycles. The van der Waals surface area contributed by atoms with E-state index < -0.39 is 0 Å². The van der Waals surface area contributed by atoms with Crippen molar-refractivity contribution in [3.63, 3.8) is 0 Å². The first-order valence-corrected chi connectivity index (χ1v) is 5.51. The van der Waals surface area contributed by atoms with Crippen LogP contribution in [0.15, 0.2) is 48.8 Å². The van der Waals surface area contributed by atoms with Gasteiger partial charge in [0.1, 0.15) is 0 Å². The second-order valence-corrected chi connectivity index (χ2v) is 3.87. The van der Waals surface area contributed by atoms with Crippen LogP contribution in [-0.2, 0) is 11.2 Å². The van der Waals surface area contributed by atoms with Crippen LogP contribution in [0, 0.1) is 0 Å². The molecule has 1 heterocycles. The number of aryl methyl sites for hydroxylation is 1. The molecule has 0 bridgehead atoms. The third-order valence-electron chi connectivity index (χ3n) is 2.48. The lowest BCUT2D eigenvalue weighted by molar-refractivity contribution is -0.117. The molecule has 1 amide bonds. The average Bonchev–Trinajstić information content (AvgIpc) is 2.81. The second-order valence-electron chi connectivity index (χ2n) is 3.87. The van der Waals surface area contributed by atoms with E-state index in [1.807, 2.05) is 36.4 Å². The van der Waals surface area contributed by atoms with Crippen molar-refractivity contribution in [1.82, 2.24) is 4.68 Å². The van der Waals surface area contributed by atoms with Gasteiger partial charge in [0.05, 0.1) is 0 Å². The topological polar surface area (TPSA) is 60.1 Å². The Kier molecular flexibility index (Phi) is 3.45. The molecule has 17 heavy (non-hydrogen) atoms. The number of aromatic nitrogens is 1. The van der Waals surface area contributed by atoms with Crippen LogP contribution in [0.4, 0.5) is 5.69 Å². The number of nitrogens with one attached hydrogen (secondary N) is 1. The van der Waals surface area contributed by atoms with Gasteiger partial charge in [-0.25, -0.2) is 0 Å². The van der Waals surface area contributed by atoms with Crippen molar-refractivity contribution in [2.24, 2.45) is 0 Å². The Labute approximate surface area is 100 Å². The fourth-order valence-corrected chi connectivity index (χ4v) is 1.55. The van der Waals surface area contributed by atoms with Crippen molar-refractivity contribution in [2.75, 3.05) is 11.2 Å². The van der Waals surface area contributed by atoms with E-state index in [0.29, 0.717) is 12.8 Å². The Hall–Kier alpha value is -2.23. The van der Waals surface area contributed by atoms with Gasteiger partial charge in [0.25, 0.3) is 0 Å². The zero-order valence-corrected chi connectivity index (χ0v) is 9.47. The molecule has 0 aliphatic carbocycles. The highest BCUT2D eigenvalue weighted by molar-refractivity contribution is 5.83. The predicted molar refractivity (Wildman–Crippen MR) is 68.0 cm³/mol. The largest absolute Gasteiger partial charge is 0.399 e. The Balaban J connectivity index is 1.82. The van der Waals surface area contributed by atoms with Gasteiger partial charge in [-0.2, -0.15) is 0 Å². The zero-order chi connectivity index (χ0) is 12.1. The first-order chi connectivity index (χ1) is 8.24. The van der Waals surface area contributed by atoms with Gasteiger partial charge < -0.3 is 5.73 Å². The van der Waals surface area contributed by atoms with Crippen LogP contribution in [0.25, 0.3) is 0 Å². The number of nitrogens with two attached hydrogens (primary N) is 1. The summed E-state index contributed by atoms with van der Waals surface area (Å²) in [7, 11) is 0. The molecule has 3 N–H and O–H groups in total. The number of anilines is 1. The van der Waals surface area contributed by atoms with Gasteiger partial charge in [-0.05, 0) is 36.2 Å². The smallest absolute Gasteiger partial charge is 0.239 e. The van der Waals surface area contributed by atoms with Gasteiger partial charge in [0.15, 0.2) is 0 Å². The molecule has 1 aromatic heterocycles. The summed E-state index contributed by atoms with van der Waals surface area (Å²) in [6.45, 7) is 0. The molecular weight excluding hydrogens is 214 g/mol. The number of rotatable bonds is 4. The summed E-state index contributed by atoms with van der Waals surface area (Å²) in [5.74, 6) is -0.00183. The highest BCUT2D eigenvalue weighted by Crippen LogP contribution is 2.07. The number of benzene rings is 1. The van der Waals surface area contributed by atoms with Gasteiger partial charge in [0, 0.05) is 24.5 Å². The molecule has 2 rings (SSSR count). The monoisotopic (exact) mass is 229 g/mol. The van der Waals surface area contributed by atoms with Gasteiger partial charge in [-0.3, -0.25) is 14.9 Å². The summed E-state index contributed by atoms with van der Waals surface area (Å²) in [6, 6.07) is 11.3. The van der Waals surface area contributed by atoms with E-state index in [-0.39, 0.29) is 5.91 Å². The molecule has 4 nitrogen and oxygen atoms in total. The fourth-order valence-electron chi connectivity index (χ4n) is 1.55. The van der Waals surface area contributed by atoms with Crippen LogP contribution < -0.4 is 11.2 Å². The molecule has 0 fully saturated rings. The molecule has 0 unspecified atom stereocenters. The van der Waals surface area contributed by atoms with Crippen molar-refractivity contribution in [3.05, 3.63) is 54.4 Å². The van der Waals surface area contributed by atoms with Crippen molar-refractivity contribution in [2.45, 2.75) is 12.8 Å². The summed E-state index contributed by atoms with van der Waals surface area (Å²) >= 11 is 0. The Morgan fingerprint density at radius 2 is 1.82 bits per heavy atom. The Bertz CT molecular complexity index is 474. The molecule has 88 valence electrons. The minimum absolute atomic E-state index is 0.00183. The first kappa shape index (κ1) is 11.3. The van der Waals surface area contributed by atoms with Crippen LogP contribution in [0.3, 0.4) is 0 Å². The van der Waals surface area contributed by atoms with Crippen molar-refractivity contribution in [3.8, 4) is 0 Å². The summed E-state index contributed by atoms with van der Waals surface area (Å²) in [5, 5.41) is 0. The third kappa shape index (κ3) is 3.38. The lowest BCUT2D eigenvalue weighted by Crippen LogP contribution is -2.21. The molecule has 0 saturated carbocycles. The van der Waals surface area contributed by atoms with Crippen molar-refractivity contribution in [1.29, 1.82) is 0 Å². The average molecular weight is 229 g/mol. The molecule has 1 aromatic carbocycles. The first-order valence-electron chi connectivity index (χ1n) is 5.51. The van der Waals surface area contributed by atoms with Gasteiger partial charge in [-0.15, -0.1) is 0 Å². The number of nitrogens with zero attached hydrogens (tertiary/aromatic N) is 1. The standard InChI is InChI=1S/C13H15N3O/c14-12-6-3-11(4-7-12)5-8-13(17)15-16-9-1-2-10-16/h1-4,6-7,9-10H,5,8,14H2,(H,15,17). The number of hydrogen-bond donors (Lipinski definition) is 2. The van der Waals surface area contributed by atoms with Gasteiger partial charge >= 0.3 is 0 Å². The maximum atomic E-state index is 11.6. The van der Waals surface area contributed by atoms with Crippen molar-refractivity contribution >= 4 is 11.6 Å². The molecular formula is C13H15N3O. The molecule has 2 aromatic rings. The Morgan fingerprint density at radius 3 is 2.47 bits per heavy atom. The molecule has 0 atom stereocenters. The predicted octanol–water partition coefficient (Wildman–Crippen LogP) is 1.77. The van der Waals surface area contributed by atoms with E-state index in [4.69, 9.17) is 5.73 Å².